The Hall–Kier alpha value is -4.16. The Morgan fingerprint density at radius 3 is 2.42 bits per heavy atom. The molecule has 0 aliphatic carbocycles. The van der Waals surface area contributed by atoms with Gasteiger partial charge in [0.2, 0.25) is 5.91 Å². The van der Waals surface area contributed by atoms with Gasteiger partial charge < -0.3 is 25.4 Å². The van der Waals surface area contributed by atoms with Crippen LogP contribution >= 0.6 is 0 Å². The van der Waals surface area contributed by atoms with Crippen molar-refractivity contribution in [1.82, 2.24) is 14.8 Å². The van der Waals surface area contributed by atoms with Crippen LogP contribution < -0.4 is 15.4 Å². The number of nitrogens with zero attached hydrogens (tertiary/aromatic N) is 3. The standard InChI is InChI=1S/C31H36F3N5O4/c1-20-16-39(21(2)19-40)29(41)15-23-14-26(37-30(42)36-25-6-4-24(5-7-25)31(32,33)34)8-9-27(23)43-28(20)18-38(3)17-22-10-12-35-13-11-22/h4-14,20-21,28,40H,15-19H2,1-3H3,(H2,36,37,42)/t20-,21-,28+/m1/s1. The van der Waals surface area contributed by atoms with E-state index < -0.39 is 23.8 Å². The van der Waals surface area contributed by atoms with E-state index in [4.69, 9.17) is 4.74 Å². The number of urea groups is 1. The fourth-order valence-corrected chi connectivity index (χ4v) is 4.93. The molecule has 1 aliphatic heterocycles. The van der Waals surface area contributed by atoms with Gasteiger partial charge in [0.15, 0.2) is 0 Å². The lowest BCUT2D eigenvalue weighted by atomic mass is 10.0. The topological polar surface area (TPSA) is 107 Å². The molecule has 0 saturated carbocycles. The van der Waals surface area contributed by atoms with E-state index >= 15 is 0 Å². The first-order valence-electron chi connectivity index (χ1n) is 14.0. The van der Waals surface area contributed by atoms with Crippen molar-refractivity contribution in [3.8, 4) is 5.75 Å². The molecule has 3 atom stereocenters. The molecule has 0 unspecified atom stereocenters. The van der Waals surface area contributed by atoms with Crippen LogP contribution in [0.4, 0.5) is 29.3 Å². The average Bonchev–Trinajstić information content (AvgIpc) is 3.00. The Balaban J connectivity index is 1.53. The van der Waals surface area contributed by atoms with E-state index in [9.17, 15) is 27.9 Å². The van der Waals surface area contributed by atoms with E-state index in [2.05, 4.69) is 20.5 Å². The number of aliphatic hydroxyl groups is 1. The third kappa shape index (κ3) is 8.68. The Morgan fingerprint density at radius 2 is 1.77 bits per heavy atom. The van der Waals surface area contributed by atoms with Crippen LogP contribution in [0.2, 0.25) is 0 Å². The zero-order valence-corrected chi connectivity index (χ0v) is 24.3. The number of anilines is 2. The molecule has 1 aromatic heterocycles. The number of benzene rings is 2. The van der Waals surface area contributed by atoms with Gasteiger partial charge in [0.05, 0.1) is 24.6 Å². The third-order valence-corrected chi connectivity index (χ3v) is 7.34. The molecular formula is C31H36F3N5O4. The van der Waals surface area contributed by atoms with Gasteiger partial charge in [0.1, 0.15) is 11.9 Å². The van der Waals surface area contributed by atoms with E-state index in [1.807, 2.05) is 26.1 Å². The van der Waals surface area contributed by atoms with Crippen molar-refractivity contribution in [2.45, 2.75) is 45.1 Å². The van der Waals surface area contributed by atoms with Gasteiger partial charge in [-0.25, -0.2) is 4.79 Å². The van der Waals surface area contributed by atoms with Gasteiger partial charge in [0.25, 0.3) is 0 Å². The minimum absolute atomic E-state index is 0.0119. The van der Waals surface area contributed by atoms with E-state index in [0.717, 1.165) is 17.7 Å². The quantitative estimate of drug-likeness (QED) is 0.336. The highest BCUT2D eigenvalue weighted by Gasteiger charge is 2.32. The summed E-state index contributed by atoms with van der Waals surface area (Å²) in [7, 11) is 1.99. The van der Waals surface area contributed by atoms with E-state index in [0.29, 0.717) is 36.6 Å². The minimum atomic E-state index is -4.48. The average molecular weight is 600 g/mol. The fourth-order valence-electron chi connectivity index (χ4n) is 4.93. The van der Waals surface area contributed by atoms with Crippen molar-refractivity contribution in [3.63, 3.8) is 0 Å². The van der Waals surface area contributed by atoms with Crippen LogP contribution in [0, 0.1) is 5.92 Å². The Morgan fingerprint density at radius 1 is 1.12 bits per heavy atom. The summed E-state index contributed by atoms with van der Waals surface area (Å²) in [6, 6.07) is 11.9. The number of likely N-dealkylation sites (N-methyl/N-ethyl adjacent to an activating group) is 1. The second-order valence-corrected chi connectivity index (χ2v) is 10.9. The summed E-state index contributed by atoms with van der Waals surface area (Å²) in [5, 5.41) is 15.0. The normalized spacial score (nSPS) is 18.1. The van der Waals surface area contributed by atoms with Crippen LogP contribution in [-0.4, -0.2) is 70.7 Å². The van der Waals surface area contributed by atoms with Crippen molar-refractivity contribution in [2.75, 3.05) is 37.4 Å². The summed E-state index contributed by atoms with van der Waals surface area (Å²) >= 11 is 0. The molecule has 3 aromatic rings. The van der Waals surface area contributed by atoms with Crippen LogP contribution in [0.1, 0.15) is 30.5 Å². The first-order valence-corrected chi connectivity index (χ1v) is 14.0. The zero-order valence-electron chi connectivity index (χ0n) is 24.3. The van der Waals surface area contributed by atoms with Gasteiger partial charge in [-0.3, -0.25) is 14.7 Å². The molecule has 0 saturated heterocycles. The second-order valence-electron chi connectivity index (χ2n) is 10.9. The molecule has 0 spiro atoms. The summed E-state index contributed by atoms with van der Waals surface area (Å²) in [6.07, 6.45) is -1.30. The molecule has 12 heteroatoms. The highest BCUT2D eigenvalue weighted by molar-refractivity contribution is 6.00. The molecule has 9 nitrogen and oxygen atoms in total. The molecular weight excluding hydrogens is 563 g/mol. The number of carbonyl (C=O) groups is 2. The number of alkyl halides is 3. The number of fused-ring (bicyclic) bond motifs is 1. The Labute approximate surface area is 248 Å². The zero-order chi connectivity index (χ0) is 31.1. The predicted octanol–water partition coefficient (Wildman–Crippen LogP) is 5.03. The number of aromatic nitrogens is 1. The maximum Gasteiger partial charge on any atom is 0.416 e. The molecule has 43 heavy (non-hydrogen) atoms. The van der Waals surface area contributed by atoms with Gasteiger partial charge >= 0.3 is 12.2 Å². The van der Waals surface area contributed by atoms with Crippen LogP contribution in [0.5, 0.6) is 5.75 Å². The number of amides is 3. The van der Waals surface area contributed by atoms with Gasteiger partial charge in [-0.15, -0.1) is 0 Å². The van der Waals surface area contributed by atoms with Crippen molar-refractivity contribution in [3.05, 3.63) is 83.7 Å². The molecule has 4 rings (SSSR count). The number of hydrogen-bond donors (Lipinski definition) is 3. The van der Waals surface area contributed by atoms with Crippen LogP contribution in [-0.2, 0) is 23.9 Å². The SMILES string of the molecule is C[C@@H]1CN([C@H](C)CO)C(=O)Cc2cc(NC(=O)Nc3ccc(C(F)(F)F)cc3)ccc2O[C@H]1CN(C)Cc1ccncc1. The summed E-state index contributed by atoms with van der Waals surface area (Å²) in [4.78, 5) is 33.9. The number of pyridine rings is 1. The van der Waals surface area contributed by atoms with Crippen LogP contribution in [0.3, 0.4) is 0 Å². The molecule has 2 aromatic carbocycles. The van der Waals surface area contributed by atoms with E-state index in [-0.39, 0.29) is 36.6 Å². The summed E-state index contributed by atoms with van der Waals surface area (Å²) in [5.41, 5.74) is 1.41. The van der Waals surface area contributed by atoms with Crippen molar-refractivity contribution < 1.29 is 32.6 Å². The number of carbonyl (C=O) groups excluding carboxylic acids is 2. The number of rotatable bonds is 8. The fraction of sp³-hybridized carbons (Fsp3) is 0.387. The van der Waals surface area contributed by atoms with Crippen molar-refractivity contribution in [1.29, 1.82) is 0 Å². The number of nitrogens with one attached hydrogen (secondary N) is 2. The molecule has 3 N–H and O–H groups in total. The number of halogens is 3. The van der Waals surface area contributed by atoms with Gasteiger partial charge in [-0.2, -0.15) is 13.2 Å². The van der Waals surface area contributed by atoms with Crippen molar-refractivity contribution >= 4 is 23.3 Å². The van der Waals surface area contributed by atoms with E-state index in [1.165, 1.54) is 12.1 Å². The highest BCUT2D eigenvalue weighted by Crippen LogP contribution is 2.31. The van der Waals surface area contributed by atoms with Gasteiger partial charge in [-0.1, -0.05) is 6.92 Å². The predicted molar refractivity (Wildman–Crippen MR) is 157 cm³/mol. The van der Waals surface area contributed by atoms with E-state index in [1.54, 1.807) is 42.4 Å². The Bertz CT molecular complexity index is 1390. The molecule has 1 aliphatic rings. The summed E-state index contributed by atoms with van der Waals surface area (Å²) in [5.74, 6) is 0.251. The smallest absolute Gasteiger partial charge is 0.416 e. The lowest BCUT2D eigenvalue weighted by Gasteiger charge is -2.34. The highest BCUT2D eigenvalue weighted by atomic mass is 19.4. The molecule has 230 valence electrons. The lowest BCUT2D eigenvalue weighted by Crippen LogP contribution is -2.47. The first kappa shape index (κ1) is 31.8. The molecule has 2 heterocycles. The minimum Gasteiger partial charge on any atom is -0.488 e. The maximum absolute atomic E-state index is 13.4. The molecule has 0 bridgehead atoms. The largest absolute Gasteiger partial charge is 0.488 e. The van der Waals surface area contributed by atoms with Crippen molar-refractivity contribution in [2.24, 2.45) is 5.92 Å². The number of hydrogen-bond acceptors (Lipinski definition) is 6. The second kappa shape index (κ2) is 13.9. The first-order chi connectivity index (χ1) is 20.4. The van der Waals surface area contributed by atoms with Crippen LogP contribution in [0.15, 0.2) is 67.0 Å². The lowest BCUT2D eigenvalue weighted by molar-refractivity contribution is -0.137. The summed E-state index contributed by atoms with van der Waals surface area (Å²) in [6.45, 7) is 5.25. The van der Waals surface area contributed by atoms with Crippen LogP contribution in [0.25, 0.3) is 0 Å². The summed E-state index contributed by atoms with van der Waals surface area (Å²) < 4.78 is 45.1. The number of ether oxygens (including phenoxy) is 1. The Kier molecular flexibility index (Phi) is 10.3. The maximum atomic E-state index is 13.4. The van der Waals surface area contributed by atoms with Gasteiger partial charge in [-0.05, 0) is 74.1 Å². The van der Waals surface area contributed by atoms with Gasteiger partial charge in [0, 0.05) is 54.9 Å². The molecule has 0 radical (unpaired) electrons. The monoisotopic (exact) mass is 599 g/mol. The number of aliphatic hydroxyl groups excluding tert-OH is 1. The molecule has 0 fully saturated rings. The molecule has 3 amide bonds. The third-order valence-electron chi connectivity index (χ3n) is 7.34.